The van der Waals surface area contributed by atoms with Gasteiger partial charge in [-0.25, -0.2) is 9.78 Å². The number of aromatic nitrogens is 2. The second kappa shape index (κ2) is 14.4. The Kier molecular flexibility index (Phi) is 9.60. The number of fused-ring (bicyclic) bond motifs is 1. The van der Waals surface area contributed by atoms with Crippen molar-refractivity contribution in [1.82, 2.24) is 9.55 Å². The quantitative estimate of drug-likeness (QED) is 0.0357. The van der Waals surface area contributed by atoms with Gasteiger partial charge in [0.15, 0.2) is 12.1 Å². The van der Waals surface area contributed by atoms with Gasteiger partial charge in [0.1, 0.15) is 28.6 Å². The lowest BCUT2D eigenvalue weighted by Gasteiger charge is -2.45. The van der Waals surface area contributed by atoms with Crippen molar-refractivity contribution in [3.05, 3.63) is 166 Å². The molecule has 5 aromatic rings. The lowest BCUT2D eigenvalue weighted by molar-refractivity contribution is -0.616. The number of nitrogens with two attached hydrogens (primary N) is 1. The lowest BCUT2D eigenvalue weighted by Crippen LogP contribution is -2.74. The SMILES string of the molecule is COC1([N+](=O)[O-])N=C(N)c2ncn(C3O[C@](C(=O)c4ccccc4)(C(OC(=O)c4ccccc4)(C(=O)c4ccccc4)C(=O)c4ccccc4)[C@@H](O)[C@H]3O)c2N1. The molecular weight excluding hydrogens is 728 g/mol. The number of rotatable bonds is 12. The van der Waals surface area contributed by atoms with E-state index in [9.17, 15) is 25.1 Å². The maximum Gasteiger partial charge on any atom is 0.519 e. The van der Waals surface area contributed by atoms with Crippen LogP contribution in [0, 0.1) is 10.1 Å². The molecule has 0 radical (unpaired) electrons. The summed E-state index contributed by atoms with van der Waals surface area (Å²) < 4.78 is 18.7. The molecule has 5 atom stereocenters. The standard InChI is InChI=1S/C39H32N6O11/c1-54-39(45(52)53)42-33(40)27-34(43-39)44(22-41-27)35-28(46)32(50)38(55-35,31(49)25-18-10-4-11-19-25)37(29(47)23-14-6-2-7-15-23,30(48)24-16-8-3-9-17-24)56-36(51)26-20-12-5-13-21-26/h2-22,28,32,35,43,46,50H,1H3,(H2,40,42)/t28-,32+,35?,38+,39?/m1/s1. The summed E-state index contributed by atoms with van der Waals surface area (Å²) in [6.07, 6.45) is -5.81. The fraction of sp³-hybridized carbons (Fsp3) is 0.179. The van der Waals surface area contributed by atoms with E-state index in [1.54, 1.807) is 24.3 Å². The molecule has 1 aromatic heterocycles. The number of imidazole rings is 1. The number of esters is 1. The average molecular weight is 761 g/mol. The molecule has 3 heterocycles. The Bertz CT molecular complexity index is 2310. The molecular formula is C39H32N6O11. The molecule has 2 unspecified atom stereocenters. The number of anilines is 1. The van der Waals surface area contributed by atoms with E-state index in [0.717, 1.165) is 18.0 Å². The van der Waals surface area contributed by atoms with Crippen molar-refractivity contribution in [3.63, 3.8) is 0 Å². The number of aliphatic hydroxyl groups is 2. The third-order valence-corrected chi connectivity index (χ3v) is 9.60. The lowest BCUT2D eigenvalue weighted by atomic mass is 9.66. The fourth-order valence-electron chi connectivity index (χ4n) is 6.88. The second-order valence-electron chi connectivity index (χ2n) is 12.7. The minimum Gasteiger partial charge on any atom is -0.435 e. The molecule has 2 aliphatic rings. The second-order valence-corrected chi connectivity index (χ2v) is 12.7. The Labute approximate surface area is 317 Å². The molecule has 284 valence electrons. The zero-order chi connectivity index (χ0) is 39.8. The average Bonchev–Trinajstić information content (AvgIpc) is 3.78. The summed E-state index contributed by atoms with van der Waals surface area (Å²) >= 11 is 0. The number of carbonyl (C=O) groups is 4. The minimum atomic E-state index is -3.45. The summed E-state index contributed by atoms with van der Waals surface area (Å²) in [6.45, 7) is 0. The highest BCUT2D eigenvalue weighted by atomic mass is 16.7. The maximum absolute atomic E-state index is 15.4. The molecule has 56 heavy (non-hydrogen) atoms. The first-order valence-corrected chi connectivity index (χ1v) is 16.9. The fourth-order valence-corrected chi connectivity index (χ4v) is 6.88. The Morgan fingerprint density at radius 1 is 0.839 bits per heavy atom. The van der Waals surface area contributed by atoms with E-state index < -0.39 is 69.7 Å². The molecule has 0 spiro atoms. The number of methoxy groups -OCH3 is 1. The summed E-state index contributed by atoms with van der Waals surface area (Å²) in [5.74, 6) is -8.60. The van der Waals surface area contributed by atoms with Gasteiger partial charge in [-0.05, 0) is 12.1 Å². The number of ether oxygens (including phenoxy) is 3. The number of carbonyl (C=O) groups excluding carboxylic acids is 4. The number of benzene rings is 4. The van der Waals surface area contributed by atoms with Gasteiger partial charge in [-0.15, -0.1) is 4.99 Å². The van der Waals surface area contributed by atoms with Gasteiger partial charge in [-0.2, -0.15) is 0 Å². The van der Waals surface area contributed by atoms with Crippen LogP contribution in [0.4, 0.5) is 5.82 Å². The number of aliphatic imine (C=N–C) groups is 1. The van der Waals surface area contributed by atoms with Gasteiger partial charge in [0.2, 0.25) is 23.0 Å². The molecule has 1 fully saturated rings. The Hall–Kier alpha value is -6.92. The monoisotopic (exact) mass is 760 g/mol. The van der Waals surface area contributed by atoms with Gasteiger partial charge in [0.25, 0.3) is 5.60 Å². The smallest absolute Gasteiger partial charge is 0.435 e. The molecule has 0 saturated carbocycles. The number of hydrogen-bond acceptors (Lipinski definition) is 15. The van der Waals surface area contributed by atoms with Crippen molar-refractivity contribution < 1.29 is 48.5 Å². The zero-order valence-electron chi connectivity index (χ0n) is 29.3. The van der Waals surface area contributed by atoms with E-state index in [-0.39, 0.29) is 33.8 Å². The first-order chi connectivity index (χ1) is 26.9. The first kappa shape index (κ1) is 37.4. The zero-order valence-corrected chi connectivity index (χ0v) is 29.3. The van der Waals surface area contributed by atoms with E-state index in [4.69, 9.17) is 19.9 Å². The van der Waals surface area contributed by atoms with Gasteiger partial charge in [-0.1, -0.05) is 109 Å². The highest BCUT2D eigenvalue weighted by Gasteiger charge is 2.77. The van der Waals surface area contributed by atoms with Crippen LogP contribution in [0.25, 0.3) is 0 Å². The number of amidine groups is 1. The summed E-state index contributed by atoms with van der Waals surface area (Å²) in [7, 11) is 0.979. The van der Waals surface area contributed by atoms with Crippen LogP contribution in [0.1, 0.15) is 53.4 Å². The van der Waals surface area contributed by atoms with E-state index in [2.05, 4.69) is 15.3 Å². The largest absolute Gasteiger partial charge is 0.519 e. The van der Waals surface area contributed by atoms with Crippen molar-refractivity contribution in [2.24, 2.45) is 10.7 Å². The minimum absolute atomic E-state index is 0.149. The number of aliphatic hydroxyl groups excluding tert-OH is 2. The van der Waals surface area contributed by atoms with Gasteiger partial charge < -0.3 is 25.4 Å². The van der Waals surface area contributed by atoms with Crippen LogP contribution in [0.2, 0.25) is 0 Å². The van der Waals surface area contributed by atoms with Crippen molar-refractivity contribution in [2.75, 3.05) is 12.4 Å². The van der Waals surface area contributed by atoms with Gasteiger partial charge in [0.05, 0.1) is 11.9 Å². The molecule has 0 aliphatic carbocycles. The van der Waals surface area contributed by atoms with Crippen LogP contribution in [-0.4, -0.2) is 90.3 Å². The van der Waals surface area contributed by atoms with Crippen LogP contribution >= 0.6 is 0 Å². The van der Waals surface area contributed by atoms with Crippen LogP contribution in [0.5, 0.6) is 0 Å². The van der Waals surface area contributed by atoms with Crippen LogP contribution in [-0.2, 0) is 14.2 Å². The number of nitro groups is 1. The van der Waals surface area contributed by atoms with E-state index >= 15 is 14.4 Å². The number of nitrogens with one attached hydrogen (secondary N) is 1. The van der Waals surface area contributed by atoms with Crippen molar-refractivity contribution in [2.45, 2.75) is 35.6 Å². The molecule has 2 aliphatic heterocycles. The van der Waals surface area contributed by atoms with Crippen LogP contribution < -0.4 is 11.1 Å². The van der Waals surface area contributed by atoms with Gasteiger partial charge >= 0.3 is 11.9 Å². The molecule has 4 aromatic carbocycles. The van der Waals surface area contributed by atoms with Gasteiger partial charge in [-0.3, -0.25) is 39.1 Å². The molecule has 17 nitrogen and oxygen atoms in total. The number of ketones is 3. The molecule has 5 N–H and O–H groups in total. The summed E-state index contributed by atoms with van der Waals surface area (Å²) in [6, 6.07) is 28.7. The number of Topliss-reactive ketones (excluding diaryl/α,β-unsaturated/α-hetero) is 3. The predicted molar refractivity (Wildman–Crippen MR) is 195 cm³/mol. The van der Waals surface area contributed by atoms with E-state index in [0.29, 0.717) is 0 Å². The Morgan fingerprint density at radius 3 is 1.80 bits per heavy atom. The molecule has 0 bridgehead atoms. The summed E-state index contributed by atoms with van der Waals surface area (Å²) in [4.78, 5) is 79.7. The normalized spacial score (nSPS) is 22.9. The number of hydrogen-bond donors (Lipinski definition) is 4. The molecule has 1 saturated heterocycles. The van der Waals surface area contributed by atoms with E-state index in [1.165, 1.54) is 97.1 Å². The third-order valence-electron chi connectivity index (χ3n) is 9.60. The van der Waals surface area contributed by atoms with Crippen molar-refractivity contribution in [1.29, 1.82) is 0 Å². The first-order valence-electron chi connectivity index (χ1n) is 16.9. The van der Waals surface area contributed by atoms with E-state index in [1.807, 2.05) is 0 Å². The summed E-state index contributed by atoms with van der Waals surface area (Å²) in [5.41, 5.74) is -1.73. The third kappa shape index (κ3) is 5.73. The maximum atomic E-state index is 15.4. The number of nitrogens with zero attached hydrogens (tertiary/aromatic N) is 4. The highest BCUT2D eigenvalue weighted by Crippen LogP contribution is 2.51. The van der Waals surface area contributed by atoms with Crippen molar-refractivity contribution >= 4 is 35.0 Å². The van der Waals surface area contributed by atoms with Crippen LogP contribution in [0.3, 0.4) is 0 Å². The highest BCUT2D eigenvalue weighted by molar-refractivity contribution is 6.29. The van der Waals surface area contributed by atoms with Crippen LogP contribution in [0.15, 0.2) is 133 Å². The van der Waals surface area contributed by atoms with Crippen molar-refractivity contribution in [3.8, 4) is 0 Å². The molecule has 0 amide bonds. The Balaban J connectivity index is 1.54. The van der Waals surface area contributed by atoms with Gasteiger partial charge in [0, 0.05) is 23.8 Å². The molecule has 17 heteroatoms. The molecule has 7 rings (SSSR count). The Morgan fingerprint density at radius 2 is 1.32 bits per heavy atom. The summed E-state index contributed by atoms with van der Waals surface area (Å²) in [5, 5.41) is 39.2. The topological polar surface area (TPSA) is 248 Å². The predicted octanol–water partition coefficient (Wildman–Crippen LogP) is 2.78.